The number of nitrogens with zero attached hydrogens (tertiary/aromatic N) is 2. The van der Waals surface area contributed by atoms with Gasteiger partial charge in [-0.1, -0.05) is 12.1 Å². The van der Waals surface area contributed by atoms with Crippen LogP contribution in [0.1, 0.15) is 5.82 Å². The third-order valence-corrected chi connectivity index (χ3v) is 2.75. The molecule has 76 valence electrons. The third-order valence-electron chi connectivity index (χ3n) is 2.75. The first-order valence-corrected chi connectivity index (χ1v) is 4.92. The SMILES string of the molecule is O=c1c2ccccc2nc2n1C[C@H](O)C2. The molecule has 0 fully saturated rings. The lowest BCUT2D eigenvalue weighted by atomic mass is 10.2. The fourth-order valence-electron chi connectivity index (χ4n) is 2.04. The lowest BCUT2D eigenvalue weighted by molar-refractivity contribution is 0.175. The maximum absolute atomic E-state index is 12.0. The number of hydrogen-bond acceptors (Lipinski definition) is 3. The summed E-state index contributed by atoms with van der Waals surface area (Å²) in [5.74, 6) is 0.686. The number of hydrogen-bond donors (Lipinski definition) is 1. The van der Waals surface area contributed by atoms with Crippen LogP contribution in [0.4, 0.5) is 0 Å². The number of aliphatic hydroxyl groups is 1. The van der Waals surface area contributed by atoms with Crippen LogP contribution in [-0.2, 0) is 13.0 Å². The summed E-state index contributed by atoms with van der Waals surface area (Å²) >= 11 is 0. The van der Waals surface area contributed by atoms with Gasteiger partial charge < -0.3 is 5.11 Å². The first-order valence-electron chi connectivity index (χ1n) is 4.92. The van der Waals surface area contributed by atoms with Crippen molar-refractivity contribution in [1.82, 2.24) is 9.55 Å². The van der Waals surface area contributed by atoms with Crippen molar-refractivity contribution in [3.05, 3.63) is 40.4 Å². The molecule has 0 amide bonds. The molecule has 1 aromatic heterocycles. The summed E-state index contributed by atoms with van der Waals surface area (Å²) < 4.78 is 1.56. The molecular weight excluding hydrogens is 192 g/mol. The highest BCUT2D eigenvalue weighted by molar-refractivity contribution is 5.77. The van der Waals surface area contributed by atoms with Crippen LogP contribution in [0.3, 0.4) is 0 Å². The predicted molar refractivity (Wildman–Crippen MR) is 55.7 cm³/mol. The van der Waals surface area contributed by atoms with Crippen LogP contribution in [0.15, 0.2) is 29.1 Å². The van der Waals surface area contributed by atoms with E-state index in [4.69, 9.17) is 0 Å². The summed E-state index contributed by atoms with van der Waals surface area (Å²) in [6.45, 7) is 0.367. The maximum Gasteiger partial charge on any atom is 0.261 e. The standard InChI is InChI=1S/C11H10N2O2/c14-7-5-10-12-9-4-2-1-3-8(9)11(15)13(10)6-7/h1-4,7,14H,5-6H2/t7-/m1/s1. The summed E-state index contributed by atoms with van der Waals surface area (Å²) in [5.41, 5.74) is 0.662. The second-order valence-electron chi connectivity index (χ2n) is 3.82. The van der Waals surface area contributed by atoms with E-state index in [9.17, 15) is 9.90 Å². The van der Waals surface area contributed by atoms with Crippen LogP contribution in [-0.4, -0.2) is 20.8 Å². The fraction of sp³-hybridized carbons (Fsp3) is 0.273. The Morgan fingerprint density at radius 1 is 1.40 bits per heavy atom. The highest BCUT2D eigenvalue weighted by Crippen LogP contribution is 2.14. The molecule has 2 heterocycles. The van der Waals surface area contributed by atoms with Crippen molar-refractivity contribution in [3.8, 4) is 0 Å². The normalized spacial score (nSPS) is 19.4. The van der Waals surface area contributed by atoms with E-state index < -0.39 is 6.10 Å². The van der Waals surface area contributed by atoms with Crippen LogP contribution in [0.5, 0.6) is 0 Å². The Kier molecular flexibility index (Phi) is 1.67. The van der Waals surface area contributed by atoms with Gasteiger partial charge >= 0.3 is 0 Å². The molecule has 2 aromatic rings. The zero-order chi connectivity index (χ0) is 10.4. The molecule has 1 N–H and O–H groups in total. The van der Waals surface area contributed by atoms with Gasteiger partial charge in [0.25, 0.3) is 5.56 Å². The van der Waals surface area contributed by atoms with Crippen molar-refractivity contribution < 1.29 is 5.11 Å². The number of aliphatic hydroxyl groups excluding tert-OH is 1. The smallest absolute Gasteiger partial charge is 0.261 e. The minimum Gasteiger partial charge on any atom is -0.391 e. The first kappa shape index (κ1) is 8.61. The van der Waals surface area contributed by atoms with Crippen LogP contribution < -0.4 is 5.56 Å². The molecule has 1 aliphatic rings. The van der Waals surface area contributed by atoms with E-state index in [-0.39, 0.29) is 5.56 Å². The van der Waals surface area contributed by atoms with Gasteiger partial charge in [-0.15, -0.1) is 0 Å². The molecule has 4 nitrogen and oxygen atoms in total. The second-order valence-corrected chi connectivity index (χ2v) is 3.82. The first-order chi connectivity index (χ1) is 7.25. The molecule has 1 aliphatic heterocycles. The molecule has 0 spiro atoms. The van der Waals surface area contributed by atoms with Gasteiger partial charge in [0.1, 0.15) is 5.82 Å². The molecule has 1 aromatic carbocycles. The van der Waals surface area contributed by atoms with Gasteiger partial charge in [-0.3, -0.25) is 9.36 Å². The van der Waals surface area contributed by atoms with Gasteiger partial charge in [-0.05, 0) is 12.1 Å². The molecule has 0 bridgehead atoms. The number of fused-ring (bicyclic) bond motifs is 2. The fourth-order valence-corrected chi connectivity index (χ4v) is 2.04. The lowest BCUT2D eigenvalue weighted by Crippen LogP contribution is -2.22. The lowest BCUT2D eigenvalue weighted by Gasteiger charge is -2.03. The van der Waals surface area contributed by atoms with Crippen molar-refractivity contribution in [2.24, 2.45) is 0 Å². The Bertz CT molecular complexity index is 589. The van der Waals surface area contributed by atoms with E-state index in [1.807, 2.05) is 18.2 Å². The Morgan fingerprint density at radius 2 is 2.20 bits per heavy atom. The van der Waals surface area contributed by atoms with Crippen molar-refractivity contribution in [2.75, 3.05) is 0 Å². The van der Waals surface area contributed by atoms with E-state index in [0.29, 0.717) is 29.7 Å². The molecule has 0 saturated carbocycles. The number of benzene rings is 1. The summed E-state index contributed by atoms with van der Waals surface area (Å²) in [5, 5.41) is 10.1. The zero-order valence-electron chi connectivity index (χ0n) is 8.05. The van der Waals surface area contributed by atoms with E-state index in [1.165, 1.54) is 0 Å². The van der Waals surface area contributed by atoms with Gasteiger partial charge in [0.15, 0.2) is 0 Å². The largest absolute Gasteiger partial charge is 0.391 e. The summed E-state index contributed by atoms with van der Waals surface area (Å²) in [7, 11) is 0. The van der Waals surface area contributed by atoms with Crippen molar-refractivity contribution in [2.45, 2.75) is 19.1 Å². The van der Waals surface area contributed by atoms with Crippen molar-refractivity contribution in [3.63, 3.8) is 0 Å². The molecule has 15 heavy (non-hydrogen) atoms. The minimum atomic E-state index is -0.470. The van der Waals surface area contributed by atoms with Gasteiger partial charge in [0.05, 0.1) is 23.6 Å². The zero-order valence-corrected chi connectivity index (χ0v) is 8.05. The predicted octanol–water partition coefficient (Wildman–Crippen LogP) is 0.313. The highest BCUT2D eigenvalue weighted by atomic mass is 16.3. The Hall–Kier alpha value is -1.68. The van der Waals surface area contributed by atoms with Crippen LogP contribution in [0, 0.1) is 0 Å². The van der Waals surface area contributed by atoms with Crippen LogP contribution >= 0.6 is 0 Å². The molecule has 0 aliphatic carbocycles. The van der Waals surface area contributed by atoms with E-state index >= 15 is 0 Å². The average Bonchev–Trinajstić information content (AvgIpc) is 2.59. The van der Waals surface area contributed by atoms with E-state index in [2.05, 4.69) is 4.98 Å². The summed E-state index contributed by atoms with van der Waals surface area (Å²) in [4.78, 5) is 16.3. The number of aromatic nitrogens is 2. The van der Waals surface area contributed by atoms with Crippen molar-refractivity contribution in [1.29, 1.82) is 0 Å². The second kappa shape index (κ2) is 2.90. The molecule has 0 unspecified atom stereocenters. The maximum atomic E-state index is 12.0. The number of para-hydroxylation sites is 1. The molecule has 4 heteroatoms. The average molecular weight is 202 g/mol. The van der Waals surface area contributed by atoms with Gasteiger partial charge in [-0.2, -0.15) is 0 Å². The van der Waals surface area contributed by atoms with Crippen LogP contribution in [0.2, 0.25) is 0 Å². The third kappa shape index (κ3) is 1.18. The Labute approximate surface area is 85.8 Å². The van der Waals surface area contributed by atoms with Gasteiger partial charge in [-0.25, -0.2) is 4.98 Å². The topological polar surface area (TPSA) is 55.1 Å². The molecule has 0 saturated heterocycles. The van der Waals surface area contributed by atoms with Gasteiger partial charge in [0, 0.05) is 6.42 Å². The van der Waals surface area contributed by atoms with Crippen molar-refractivity contribution >= 4 is 10.9 Å². The van der Waals surface area contributed by atoms with E-state index in [0.717, 1.165) is 0 Å². The Morgan fingerprint density at radius 3 is 3.07 bits per heavy atom. The highest BCUT2D eigenvalue weighted by Gasteiger charge is 2.22. The Balaban J connectivity index is 2.40. The molecule has 0 radical (unpaired) electrons. The number of rotatable bonds is 0. The van der Waals surface area contributed by atoms with E-state index in [1.54, 1.807) is 10.6 Å². The summed E-state index contributed by atoms with van der Waals surface area (Å²) in [6.07, 6.45) is 0.00194. The molecule has 3 rings (SSSR count). The quantitative estimate of drug-likeness (QED) is 0.669. The van der Waals surface area contributed by atoms with Gasteiger partial charge in [0.2, 0.25) is 0 Å². The summed E-state index contributed by atoms with van der Waals surface area (Å²) in [6, 6.07) is 7.27. The van der Waals surface area contributed by atoms with Crippen LogP contribution in [0.25, 0.3) is 10.9 Å². The monoisotopic (exact) mass is 202 g/mol. The minimum absolute atomic E-state index is 0.0489. The molecule has 1 atom stereocenters. The molecular formula is C11H10N2O2.